The minimum atomic E-state index is -0.591. The number of anilines is 3. The Morgan fingerprint density at radius 1 is 0.300 bits per heavy atom. The second-order valence-corrected chi connectivity index (χ2v) is 19.4. The van der Waals surface area contributed by atoms with Gasteiger partial charge in [0.05, 0.1) is 33.2 Å². The van der Waals surface area contributed by atoms with Crippen LogP contribution in [0, 0.1) is 0 Å². The molecule has 1 aromatic heterocycles. The van der Waals surface area contributed by atoms with E-state index in [4.69, 9.17) is 0 Å². The molecule has 324 valence electrons. The highest BCUT2D eigenvalue weighted by atomic mass is 15.1. The van der Waals surface area contributed by atoms with E-state index in [2.05, 4.69) is 264 Å². The van der Waals surface area contributed by atoms with Crippen LogP contribution in [0.2, 0.25) is 0 Å². The molecule has 70 heavy (non-hydrogen) atoms. The number of benzene rings is 11. The molecular formula is C68H42N2. The Bertz CT molecular complexity index is 4120. The Kier molecular flexibility index (Phi) is 7.51. The third kappa shape index (κ3) is 4.59. The average Bonchev–Trinajstić information content (AvgIpc) is 4.13. The number of rotatable bonds is 4. The molecule has 2 nitrogen and oxygen atoms in total. The summed E-state index contributed by atoms with van der Waals surface area (Å²) in [5.41, 5.74) is 26.7. The Labute approximate surface area is 406 Å². The number of aromatic nitrogens is 1. The van der Waals surface area contributed by atoms with E-state index in [0.717, 1.165) is 17.1 Å². The maximum Gasteiger partial charge on any atom is 0.0755 e. The second-order valence-electron chi connectivity index (χ2n) is 19.4. The van der Waals surface area contributed by atoms with E-state index in [1.807, 2.05) is 0 Å². The van der Waals surface area contributed by atoms with Gasteiger partial charge < -0.3 is 9.47 Å². The SMILES string of the molecule is c1ccc(-c2cccc(N(c3cc4c5c(c3)c3ccccc3n5-c3ccccc3C43c4ccccc4-c4ccccc43)c3cccc4c3-c3ccccc3C43c4ccccc4-c4ccccc43)c2)cc1. The summed E-state index contributed by atoms with van der Waals surface area (Å²) in [5.74, 6) is 0. The Morgan fingerprint density at radius 3 is 1.44 bits per heavy atom. The first-order valence-corrected chi connectivity index (χ1v) is 24.5. The molecule has 2 spiro atoms. The van der Waals surface area contributed by atoms with Gasteiger partial charge in [-0.15, -0.1) is 0 Å². The van der Waals surface area contributed by atoms with Crippen molar-refractivity contribution in [2.45, 2.75) is 10.8 Å². The van der Waals surface area contributed by atoms with E-state index in [0.29, 0.717) is 0 Å². The van der Waals surface area contributed by atoms with Crippen LogP contribution in [0.3, 0.4) is 0 Å². The van der Waals surface area contributed by atoms with Crippen LogP contribution in [0.15, 0.2) is 255 Å². The predicted octanol–water partition coefficient (Wildman–Crippen LogP) is 16.9. The molecule has 1 aliphatic heterocycles. The topological polar surface area (TPSA) is 8.17 Å². The molecule has 16 rings (SSSR count). The van der Waals surface area contributed by atoms with Gasteiger partial charge in [-0.2, -0.15) is 0 Å². The number of nitrogens with zero attached hydrogens (tertiary/aromatic N) is 2. The molecule has 2 heteroatoms. The normalized spacial score (nSPS) is 14.2. The van der Waals surface area contributed by atoms with Gasteiger partial charge in [-0.05, 0) is 126 Å². The van der Waals surface area contributed by atoms with Crippen molar-refractivity contribution in [3.63, 3.8) is 0 Å². The van der Waals surface area contributed by atoms with Crippen molar-refractivity contribution in [2.24, 2.45) is 0 Å². The first kappa shape index (κ1) is 38.0. The van der Waals surface area contributed by atoms with Crippen molar-refractivity contribution in [2.75, 3.05) is 4.90 Å². The van der Waals surface area contributed by atoms with Crippen molar-refractivity contribution in [3.05, 3.63) is 299 Å². The fourth-order valence-electron chi connectivity index (χ4n) is 13.9. The highest BCUT2D eigenvalue weighted by Gasteiger charge is 2.54. The zero-order valence-corrected chi connectivity index (χ0v) is 38.1. The van der Waals surface area contributed by atoms with Crippen molar-refractivity contribution < 1.29 is 0 Å². The molecule has 0 radical (unpaired) electrons. The molecule has 0 atom stereocenters. The Hall–Kier alpha value is -8.98. The van der Waals surface area contributed by atoms with Crippen molar-refractivity contribution >= 4 is 38.9 Å². The number of hydrogen-bond acceptors (Lipinski definition) is 1. The van der Waals surface area contributed by atoms with Crippen molar-refractivity contribution in [1.82, 2.24) is 4.57 Å². The van der Waals surface area contributed by atoms with E-state index in [-0.39, 0.29) is 0 Å². The van der Waals surface area contributed by atoms with Crippen molar-refractivity contribution in [1.29, 1.82) is 0 Å². The first-order chi connectivity index (χ1) is 34.8. The van der Waals surface area contributed by atoms with Crippen LogP contribution in [0.1, 0.15) is 44.5 Å². The second kappa shape index (κ2) is 13.8. The monoisotopic (exact) mass is 886 g/mol. The number of para-hydroxylation sites is 2. The molecule has 12 aromatic rings. The van der Waals surface area contributed by atoms with Crippen molar-refractivity contribution in [3.8, 4) is 50.2 Å². The maximum absolute atomic E-state index is 2.59. The summed E-state index contributed by atoms with van der Waals surface area (Å²) in [6.07, 6.45) is 0. The zero-order valence-electron chi connectivity index (χ0n) is 38.1. The molecular weight excluding hydrogens is 845 g/mol. The summed E-state index contributed by atoms with van der Waals surface area (Å²) in [6.45, 7) is 0. The zero-order chi connectivity index (χ0) is 45.7. The maximum atomic E-state index is 2.59. The van der Waals surface area contributed by atoms with E-state index in [9.17, 15) is 0 Å². The van der Waals surface area contributed by atoms with Gasteiger partial charge in [0, 0.05) is 27.7 Å². The summed E-state index contributed by atoms with van der Waals surface area (Å²) in [6, 6.07) is 96.2. The number of fused-ring (bicyclic) bond motifs is 22. The molecule has 0 saturated heterocycles. The summed E-state index contributed by atoms with van der Waals surface area (Å²) < 4.78 is 2.56. The van der Waals surface area contributed by atoms with Crippen LogP contribution in [-0.4, -0.2) is 4.57 Å². The summed E-state index contributed by atoms with van der Waals surface area (Å²) in [4.78, 5) is 2.59. The Morgan fingerprint density at radius 2 is 0.786 bits per heavy atom. The van der Waals surface area contributed by atoms with Gasteiger partial charge in [0.25, 0.3) is 0 Å². The highest BCUT2D eigenvalue weighted by Crippen LogP contribution is 2.66. The predicted molar refractivity (Wildman–Crippen MR) is 288 cm³/mol. The van der Waals surface area contributed by atoms with Gasteiger partial charge in [0.2, 0.25) is 0 Å². The van der Waals surface area contributed by atoms with Gasteiger partial charge in [-0.1, -0.05) is 212 Å². The quantitative estimate of drug-likeness (QED) is 0.171. The van der Waals surface area contributed by atoms with Crippen LogP contribution < -0.4 is 4.90 Å². The summed E-state index contributed by atoms with van der Waals surface area (Å²) in [5, 5.41) is 2.48. The minimum absolute atomic E-state index is 0.485. The highest BCUT2D eigenvalue weighted by molar-refractivity contribution is 6.15. The Balaban J connectivity index is 1.06. The van der Waals surface area contributed by atoms with Crippen LogP contribution in [0.25, 0.3) is 72.0 Å². The molecule has 0 bridgehead atoms. The smallest absolute Gasteiger partial charge is 0.0755 e. The lowest BCUT2D eigenvalue weighted by molar-refractivity contribution is 0.748. The standard InChI is InChI=1S/C68H42N2/c1-2-20-43(21-3-1)44-22-18-23-45(40-44)69(64-39-19-36-60-65(64)52-29-8-14-34-58(52)67(60)54-30-10-4-24-47(54)48-25-5-11-31-55(48)67)46-41-53-51-28-9-16-37-62(51)70-63-38-17-15-35-59(63)68(61(42-46)66(53)70)56-32-12-6-26-49(56)50-27-7-13-33-57(50)68/h1-42H. The van der Waals surface area contributed by atoms with E-state index >= 15 is 0 Å². The lowest BCUT2D eigenvalue weighted by Crippen LogP contribution is -2.33. The fraction of sp³-hybridized carbons (Fsp3) is 0.0294. The van der Waals surface area contributed by atoms with Gasteiger partial charge in [0.15, 0.2) is 0 Å². The molecule has 0 fully saturated rings. The molecule has 2 heterocycles. The molecule has 3 aliphatic carbocycles. The van der Waals surface area contributed by atoms with Crippen LogP contribution in [0.4, 0.5) is 17.1 Å². The van der Waals surface area contributed by atoms with Crippen LogP contribution in [0.5, 0.6) is 0 Å². The lowest BCUT2D eigenvalue weighted by Gasteiger charge is -2.40. The van der Waals surface area contributed by atoms with Gasteiger partial charge in [-0.25, -0.2) is 0 Å². The van der Waals surface area contributed by atoms with E-state index in [1.165, 1.54) is 117 Å². The summed E-state index contributed by atoms with van der Waals surface area (Å²) in [7, 11) is 0. The van der Waals surface area contributed by atoms with Crippen LogP contribution >= 0.6 is 0 Å². The largest absolute Gasteiger partial charge is 0.310 e. The molecule has 0 amide bonds. The van der Waals surface area contributed by atoms with E-state index < -0.39 is 10.8 Å². The van der Waals surface area contributed by atoms with Gasteiger partial charge in [-0.3, -0.25) is 0 Å². The third-order valence-electron chi connectivity index (χ3n) is 16.4. The average molecular weight is 887 g/mol. The molecule has 0 saturated carbocycles. The van der Waals surface area contributed by atoms with Gasteiger partial charge in [0.1, 0.15) is 0 Å². The molecule has 4 aliphatic rings. The van der Waals surface area contributed by atoms with E-state index in [1.54, 1.807) is 0 Å². The molecule has 0 N–H and O–H groups in total. The lowest BCUT2D eigenvalue weighted by atomic mass is 9.65. The molecule has 11 aromatic carbocycles. The molecule has 0 unspecified atom stereocenters. The minimum Gasteiger partial charge on any atom is -0.310 e. The third-order valence-corrected chi connectivity index (χ3v) is 16.4. The van der Waals surface area contributed by atoms with Gasteiger partial charge >= 0.3 is 0 Å². The number of hydrogen-bond donors (Lipinski definition) is 0. The first-order valence-electron chi connectivity index (χ1n) is 24.5. The fourth-order valence-corrected chi connectivity index (χ4v) is 13.9. The van der Waals surface area contributed by atoms with Crippen LogP contribution in [-0.2, 0) is 10.8 Å². The summed E-state index contributed by atoms with van der Waals surface area (Å²) >= 11 is 0.